The van der Waals surface area contributed by atoms with Crippen molar-refractivity contribution >= 4 is 17.7 Å². The minimum atomic E-state index is 0.169. The van der Waals surface area contributed by atoms with Crippen LogP contribution in [-0.4, -0.2) is 49.9 Å². The molecule has 0 N–H and O–H groups in total. The first kappa shape index (κ1) is 17.0. The van der Waals surface area contributed by atoms with E-state index in [4.69, 9.17) is 0 Å². The average molecular weight is 345 g/mol. The fraction of sp³-hybridized carbons (Fsp3) is 0.529. The summed E-state index contributed by atoms with van der Waals surface area (Å²) < 4.78 is 1.71. The van der Waals surface area contributed by atoms with Gasteiger partial charge in [0.25, 0.3) is 0 Å². The third-order valence-electron chi connectivity index (χ3n) is 4.48. The number of carbonyl (C=O) groups is 1. The number of benzene rings is 1. The van der Waals surface area contributed by atoms with Gasteiger partial charge >= 0.3 is 0 Å². The Morgan fingerprint density at radius 2 is 2.04 bits per heavy atom. The molecule has 0 radical (unpaired) electrons. The van der Waals surface area contributed by atoms with E-state index in [2.05, 4.69) is 35.4 Å². The molecule has 1 fully saturated rings. The van der Waals surface area contributed by atoms with E-state index >= 15 is 0 Å². The van der Waals surface area contributed by atoms with Gasteiger partial charge in [-0.2, -0.15) is 4.68 Å². The van der Waals surface area contributed by atoms with E-state index in [0.717, 1.165) is 43.1 Å². The minimum absolute atomic E-state index is 0.169. The van der Waals surface area contributed by atoms with Gasteiger partial charge in [-0.1, -0.05) is 36.4 Å². The Morgan fingerprint density at radius 3 is 2.75 bits per heavy atom. The summed E-state index contributed by atoms with van der Waals surface area (Å²) in [7, 11) is 0. The summed E-state index contributed by atoms with van der Waals surface area (Å²) in [6.07, 6.45) is 2.19. The molecular weight excluding hydrogens is 322 g/mol. The molecule has 0 bridgehead atoms. The van der Waals surface area contributed by atoms with Crippen molar-refractivity contribution in [3.63, 3.8) is 0 Å². The van der Waals surface area contributed by atoms with Crippen LogP contribution in [0.2, 0.25) is 0 Å². The smallest absolute Gasteiger partial charge is 0.233 e. The van der Waals surface area contributed by atoms with Crippen LogP contribution in [0.1, 0.15) is 30.9 Å². The van der Waals surface area contributed by atoms with Crippen molar-refractivity contribution in [1.82, 2.24) is 25.1 Å². The first-order valence-electron chi connectivity index (χ1n) is 8.31. The first-order chi connectivity index (χ1) is 11.5. The summed E-state index contributed by atoms with van der Waals surface area (Å²) in [6, 6.07) is 6.16. The average Bonchev–Trinajstić information content (AvgIpc) is 3.01. The second kappa shape index (κ2) is 7.34. The lowest BCUT2D eigenvalue weighted by Gasteiger charge is -2.30. The van der Waals surface area contributed by atoms with Crippen molar-refractivity contribution in [2.24, 2.45) is 5.92 Å². The number of aryl methyl sites for hydroxylation is 2. The van der Waals surface area contributed by atoms with E-state index in [9.17, 15) is 4.79 Å². The van der Waals surface area contributed by atoms with E-state index in [-0.39, 0.29) is 5.91 Å². The van der Waals surface area contributed by atoms with Crippen LogP contribution in [-0.2, 0) is 4.79 Å². The standard InChI is InChI=1S/C17H23N5OS/c1-12-6-8-21(9-7-12)16(23)11-24-17-18-19-20-22(17)15-5-4-13(2)10-14(15)3/h4-5,10,12H,6-9,11H2,1-3H3. The van der Waals surface area contributed by atoms with Gasteiger partial charge < -0.3 is 4.90 Å². The van der Waals surface area contributed by atoms with Crippen LogP contribution in [0.3, 0.4) is 0 Å². The van der Waals surface area contributed by atoms with Gasteiger partial charge in [0, 0.05) is 13.1 Å². The Hall–Kier alpha value is -1.89. The minimum Gasteiger partial charge on any atom is -0.342 e. The zero-order valence-electron chi connectivity index (χ0n) is 14.4. The number of hydrogen-bond donors (Lipinski definition) is 0. The highest BCUT2D eigenvalue weighted by Crippen LogP contribution is 2.23. The third-order valence-corrected chi connectivity index (χ3v) is 5.39. The van der Waals surface area contributed by atoms with Crippen molar-refractivity contribution < 1.29 is 4.79 Å². The zero-order chi connectivity index (χ0) is 17.1. The van der Waals surface area contributed by atoms with Gasteiger partial charge in [0.15, 0.2) is 0 Å². The van der Waals surface area contributed by atoms with Crippen LogP contribution in [0.15, 0.2) is 23.4 Å². The highest BCUT2D eigenvalue weighted by Gasteiger charge is 2.21. The van der Waals surface area contributed by atoms with Crippen molar-refractivity contribution in [2.45, 2.75) is 38.8 Å². The van der Waals surface area contributed by atoms with Gasteiger partial charge in [-0.05, 0) is 54.7 Å². The number of rotatable bonds is 4. The van der Waals surface area contributed by atoms with E-state index in [1.165, 1.54) is 17.3 Å². The van der Waals surface area contributed by atoms with Crippen molar-refractivity contribution in [1.29, 1.82) is 0 Å². The Balaban J connectivity index is 1.67. The molecule has 2 heterocycles. The molecule has 2 aromatic rings. The summed E-state index contributed by atoms with van der Waals surface area (Å²) in [4.78, 5) is 14.3. The molecular formula is C17H23N5OS. The summed E-state index contributed by atoms with van der Waals surface area (Å²) in [6.45, 7) is 8.07. The van der Waals surface area contributed by atoms with Crippen molar-refractivity contribution in [3.05, 3.63) is 29.3 Å². The molecule has 1 aliphatic heterocycles. The molecule has 1 amide bonds. The van der Waals surface area contributed by atoms with Gasteiger partial charge in [-0.3, -0.25) is 4.79 Å². The van der Waals surface area contributed by atoms with E-state index in [0.29, 0.717) is 10.9 Å². The maximum Gasteiger partial charge on any atom is 0.233 e. The molecule has 1 aromatic heterocycles. The predicted octanol–water partition coefficient (Wildman–Crippen LogP) is 2.63. The molecule has 1 aromatic carbocycles. The highest BCUT2D eigenvalue weighted by atomic mass is 32.2. The number of thioether (sulfide) groups is 1. The summed E-state index contributed by atoms with van der Waals surface area (Å²) in [5.41, 5.74) is 3.26. The molecule has 6 nitrogen and oxygen atoms in total. The van der Waals surface area contributed by atoms with Crippen LogP contribution in [0.25, 0.3) is 5.69 Å². The fourth-order valence-electron chi connectivity index (χ4n) is 2.94. The zero-order valence-corrected chi connectivity index (χ0v) is 15.2. The number of tetrazole rings is 1. The number of piperidine rings is 1. The van der Waals surface area contributed by atoms with Gasteiger partial charge in [0.1, 0.15) is 0 Å². The van der Waals surface area contributed by atoms with E-state index in [1.807, 2.05) is 24.0 Å². The van der Waals surface area contributed by atoms with Crippen molar-refractivity contribution in [3.8, 4) is 5.69 Å². The Labute approximate surface area is 146 Å². The normalized spacial score (nSPS) is 15.7. The fourth-order valence-corrected chi connectivity index (χ4v) is 3.73. The molecule has 0 spiro atoms. The van der Waals surface area contributed by atoms with Gasteiger partial charge in [-0.25, -0.2) is 0 Å². The van der Waals surface area contributed by atoms with Crippen LogP contribution in [0, 0.1) is 19.8 Å². The lowest BCUT2D eigenvalue weighted by molar-refractivity contribution is -0.129. The quantitative estimate of drug-likeness (QED) is 0.797. The summed E-state index contributed by atoms with van der Waals surface area (Å²) in [5, 5.41) is 12.6. The second-order valence-corrected chi connectivity index (χ2v) is 7.46. The molecule has 1 aliphatic rings. The summed E-state index contributed by atoms with van der Waals surface area (Å²) in [5.74, 6) is 1.26. The number of aromatic nitrogens is 4. The number of hydrogen-bond acceptors (Lipinski definition) is 5. The monoisotopic (exact) mass is 345 g/mol. The molecule has 128 valence electrons. The third kappa shape index (κ3) is 3.77. The highest BCUT2D eigenvalue weighted by molar-refractivity contribution is 7.99. The molecule has 0 saturated carbocycles. The molecule has 7 heteroatoms. The number of amides is 1. The van der Waals surface area contributed by atoms with Crippen LogP contribution in [0.5, 0.6) is 0 Å². The van der Waals surface area contributed by atoms with Crippen LogP contribution in [0.4, 0.5) is 0 Å². The summed E-state index contributed by atoms with van der Waals surface area (Å²) >= 11 is 1.40. The number of nitrogens with zero attached hydrogens (tertiary/aromatic N) is 5. The first-order valence-corrected chi connectivity index (χ1v) is 9.29. The Kier molecular flexibility index (Phi) is 5.18. The number of likely N-dealkylation sites (tertiary alicyclic amines) is 1. The predicted molar refractivity (Wildman–Crippen MR) is 94.3 cm³/mol. The van der Waals surface area contributed by atoms with Crippen LogP contribution < -0.4 is 0 Å². The Morgan fingerprint density at radius 1 is 1.29 bits per heavy atom. The molecule has 3 rings (SSSR count). The van der Waals surface area contributed by atoms with Crippen molar-refractivity contribution in [2.75, 3.05) is 18.8 Å². The molecule has 0 unspecified atom stereocenters. The molecule has 24 heavy (non-hydrogen) atoms. The Bertz CT molecular complexity index is 722. The maximum atomic E-state index is 12.4. The number of carbonyl (C=O) groups excluding carboxylic acids is 1. The SMILES string of the molecule is Cc1ccc(-n2nnnc2SCC(=O)N2CCC(C)CC2)c(C)c1. The molecule has 0 atom stereocenters. The maximum absolute atomic E-state index is 12.4. The van der Waals surface area contributed by atoms with Crippen LogP contribution >= 0.6 is 11.8 Å². The largest absolute Gasteiger partial charge is 0.342 e. The lowest BCUT2D eigenvalue weighted by atomic mass is 9.99. The van der Waals surface area contributed by atoms with E-state index < -0.39 is 0 Å². The second-order valence-electron chi connectivity index (χ2n) is 6.52. The van der Waals surface area contributed by atoms with E-state index in [1.54, 1.807) is 4.68 Å². The topological polar surface area (TPSA) is 63.9 Å². The van der Waals surface area contributed by atoms with Gasteiger partial charge in [0.05, 0.1) is 11.4 Å². The van der Waals surface area contributed by atoms with Gasteiger partial charge in [0.2, 0.25) is 11.1 Å². The lowest BCUT2D eigenvalue weighted by Crippen LogP contribution is -2.38. The molecule has 0 aliphatic carbocycles. The molecule has 1 saturated heterocycles. The van der Waals surface area contributed by atoms with Gasteiger partial charge in [-0.15, -0.1) is 5.10 Å².